The maximum atomic E-state index is 13.3. The molecule has 0 aliphatic carbocycles. The number of pyridine rings is 2. The SMILES string of the molecule is Cc1cc(C[N+]2([O-])Cc3ccnc(C(=O)NCCCO)c3C2)ncc1OCC(F)F. The van der Waals surface area contributed by atoms with Crippen molar-refractivity contribution in [2.45, 2.75) is 39.4 Å². The molecule has 1 aliphatic rings. The van der Waals surface area contributed by atoms with Crippen LogP contribution >= 0.6 is 0 Å². The summed E-state index contributed by atoms with van der Waals surface area (Å²) in [6, 6.07) is 3.39. The van der Waals surface area contributed by atoms with Gasteiger partial charge in [0.2, 0.25) is 0 Å². The fourth-order valence-electron chi connectivity index (χ4n) is 3.47. The number of ether oxygens (including phenoxy) is 1. The molecule has 0 spiro atoms. The van der Waals surface area contributed by atoms with Crippen molar-refractivity contribution in [3.8, 4) is 5.75 Å². The molecular weight excluding hydrogens is 398 g/mol. The summed E-state index contributed by atoms with van der Waals surface area (Å²) >= 11 is 0. The van der Waals surface area contributed by atoms with Gasteiger partial charge in [-0.05, 0) is 31.0 Å². The van der Waals surface area contributed by atoms with Crippen molar-refractivity contribution in [3.63, 3.8) is 0 Å². The average molecular weight is 422 g/mol. The summed E-state index contributed by atoms with van der Waals surface area (Å²) in [5.74, 6) is -0.115. The summed E-state index contributed by atoms with van der Waals surface area (Å²) in [4.78, 5) is 20.7. The van der Waals surface area contributed by atoms with Crippen molar-refractivity contribution in [1.29, 1.82) is 0 Å². The first-order valence-electron chi connectivity index (χ1n) is 9.60. The van der Waals surface area contributed by atoms with E-state index in [1.54, 1.807) is 19.1 Å². The molecule has 1 aliphatic heterocycles. The smallest absolute Gasteiger partial charge is 0.272 e. The van der Waals surface area contributed by atoms with Gasteiger partial charge < -0.3 is 25.0 Å². The zero-order chi connectivity index (χ0) is 21.7. The number of nitrogens with one attached hydrogen (secondary N) is 1. The predicted octanol–water partition coefficient (Wildman–Crippen LogP) is 2.07. The minimum absolute atomic E-state index is 0.0282. The van der Waals surface area contributed by atoms with Crippen LogP contribution in [0.4, 0.5) is 8.78 Å². The zero-order valence-electron chi connectivity index (χ0n) is 16.6. The van der Waals surface area contributed by atoms with Crippen LogP contribution in [0.2, 0.25) is 0 Å². The highest BCUT2D eigenvalue weighted by Gasteiger charge is 2.33. The van der Waals surface area contributed by atoms with Crippen molar-refractivity contribution in [2.24, 2.45) is 0 Å². The van der Waals surface area contributed by atoms with Crippen molar-refractivity contribution in [1.82, 2.24) is 15.3 Å². The van der Waals surface area contributed by atoms with Gasteiger partial charge >= 0.3 is 0 Å². The topological polar surface area (TPSA) is 107 Å². The molecule has 2 aromatic heterocycles. The molecule has 1 amide bonds. The molecule has 8 nitrogen and oxygen atoms in total. The first-order valence-corrected chi connectivity index (χ1v) is 9.60. The number of aliphatic hydroxyl groups excluding tert-OH is 1. The highest BCUT2D eigenvalue weighted by Crippen LogP contribution is 2.33. The van der Waals surface area contributed by atoms with Crippen molar-refractivity contribution >= 4 is 5.91 Å². The number of amides is 1. The molecule has 0 saturated heterocycles. The lowest BCUT2D eigenvalue weighted by Crippen LogP contribution is -2.36. The van der Waals surface area contributed by atoms with Gasteiger partial charge in [0.1, 0.15) is 37.7 Å². The third-order valence-electron chi connectivity index (χ3n) is 4.83. The Hall–Kier alpha value is -2.69. The van der Waals surface area contributed by atoms with Crippen LogP contribution in [0, 0.1) is 12.1 Å². The van der Waals surface area contributed by atoms with Crippen LogP contribution < -0.4 is 10.1 Å². The van der Waals surface area contributed by atoms with E-state index in [0.29, 0.717) is 29.8 Å². The van der Waals surface area contributed by atoms with Crippen molar-refractivity contribution in [2.75, 3.05) is 19.8 Å². The van der Waals surface area contributed by atoms with E-state index in [0.717, 1.165) is 5.56 Å². The number of hydrogen-bond acceptors (Lipinski definition) is 6. The molecule has 30 heavy (non-hydrogen) atoms. The second kappa shape index (κ2) is 9.41. The lowest BCUT2D eigenvalue weighted by atomic mass is 10.1. The predicted molar refractivity (Wildman–Crippen MR) is 103 cm³/mol. The molecule has 10 heteroatoms. The Morgan fingerprint density at radius 3 is 2.90 bits per heavy atom. The van der Waals surface area contributed by atoms with Gasteiger partial charge in [0.05, 0.1) is 11.9 Å². The minimum Gasteiger partial charge on any atom is -0.632 e. The maximum absolute atomic E-state index is 13.3. The fourth-order valence-corrected chi connectivity index (χ4v) is 3.47. The maximum Gasteiger partial charge on any atom is 0.272 e. The van der Waals surface area contributed by atoms with Gasteiger partial charge in [0.25, 0.3) is 12.3 Å². The molecule has 1 atom stereocenters. The van der Waals surface area contributed by atoms with Crippen LogP contribution in [-0.2, 0) is 19.6 Å². The van der Waals surface area contributed by atoms with Crippen molar-refractivity contribution in [3.05, 3.63) is 57.8 Å². The Labute approximate surface area is 172 Å². The summed E-state index contributed by atoms with van der Waals surface area (Å²) in [6.45, 7) is 1.61. The summed E-state index contributed by atoms with van der Waals surface area (Å²) in [6.07, 6.45) is 0.716. The fraction of sp³-hybridized carbons (Fsp3) is 0.450. The van der Waals surface area contributed by atoms with Gasteiger partial charge in [-0.25, -0.2) is 8.78 Å². The monoisotopic (exact) mass is 422 g/mol. The second-order valence-electron chi connectivity index (χ2n) is 7.31. The third-order valence-corrected chi connectivity index (χ3v) is 4.83. The third kappa shape index (κ3) is 5.26. The first-order chi connectivity index (χ1) is 14.3. The number of fused-ring (bicyclic) bond motifs is 1. The molecule has 3 rings (SSSR count). The molecule has 0 fully saturated rings. The van der Waals surface area contributed by atoms with Crippen LogP contribution in [0.25, 0.3) is 0 Å². The highest BCUT2D eigenvalue weighted by molar-refractivity contribution is 5.94. The number of aryl methyl sites for hydroxylation is 1. The molecule has 1 unspecified atom stereocenters. The molecule has 0 bridgehead atoms. The van der Waals surface area contributed by atoms with Crippen LogP contribution in [-0.4, -0.2) is 51.8 Å². The number of hydrogen-bond donors (Lipinski definition) is 2. The number of halogens is 2. The number of carbonyl (C=O) groups excluding carboxylic acids is 1. The number of hydroxylamine groups is 3. The quantitative estimate of drug-likeness (QED) is 0.364. The van der Waals surface area contributed by atoms with E-state index in [1.165, 1.54) is 12.4 Å². The van der Waals surface area contributed by atoms with Crippen LogP contribution in [0.1, 0.15) is 39.3 Å². The number of nitrogens with zero attached hydrogens (tertiary/aromatic N) is 3. The first kappa shape index (κ1) is 22.0. The molecule has 0 radical (unpaired) electrons. The standard InChI is InChI=1S/C20H24F2N4O4/c1-13-7-15(25-8-17(13)30-12-18(21)22)10-26(29)9-14-3-5-23-19(16(14)11-26)20(28)24-4-2-6-27/h3,5,7-8,18,27H,2,4,6,9-12H2,1H3,(H,24,28). The summed E-state index contributed by atoms with van der Waals surface area (Å²) in [5.41, 5.74) is 2.74. The molecule has 2 N–H and O–H groups in total. The Morgan fingerprint density at radius 2 is 2.20 bits per heavy atom. The van der Waals surface area contributed by atoms with E-state index in [9.17, 15) is 18.8 Å². The van der Waals surface area contributed by atoms with Gasteiger partial charge in [0.15, 0.2) is 0 Å². The van der Waals surface area contributed by atoms with Gasteiger partial charge in [-0.1, -0.05) is 0 Å². The number of rotatable bonds is 9. The highest BCUT2D eigenvalue weighted by atomic mass is 19.3. The van der Waals surface area contributed by atoms with Gasteiger partial charge in [0, 0.05) is 30.5 Å². The Bertz CT molecular complexity index is 912. The molecule has 3 heterocycles. The number of carbonyl (C=O) groups is 1. The molecule has 2 aromatic rings. The average Bonchev–Trinajstić information content (AvgIpc) is 3.02. The molecular formula is C20H24F2N4O4. The van der Waals surface area contributed by atoms with E-state index < -0.39 is 17.7 Å². The normalized spacial score (nSPS) is 17.8. The van der Waals surface area contributed by atoms with Crippen molar-refractivity contribution < 1.29 is 28.1 Å². The van der Waals surface area contributed by atoms with Gasteiger partial charge in [-0.2, -0.15) is 0 Å². The van der Waals surface area contributed by atoms with Crippen LogP contribution in [0.5, 0.6) is 5.75 Å². The number of aromatic nitrogens is 2. The van der Waals surface area contributed by atoms with Gasteiger partial charge in [-0.15, -0.1) is 0 Å². The van der Waals surface area contributed by atoms with E-state index in [4.69, 9.17) is 9.84 Å². The van der Waals surface area contributed by atoms with E-state index in [2.05, 4.69) is 15.3 Å². The molecule has 162 valence electrons. The minimum atomic E-state index is -2.58. The number of alkyl halides is 2. The summed E-state index contributed by atoms with van der Waals surface area (Å²) < 4.78 is 29.0. The molecule has 0 saturated carbocycles. The van der Waals surface area contributed by atoms with Gasteiger partial charge in [-0.3, -0.25) is 14.8 Å². The van der Waals surface area contributed by atoms with E-state index in [1.807, 2.05) is 0 Å². The Kier molecular flexibility index (Phi) is 6.91. The van der Waals surface area contributed by atoms with E-state index >= 15 is 0 Å². The van der Waals surface area contributed by atoms with Crippen LogP contribution in [0.3, 0.4) is 0 Å². The summed E-state index contributed by atoms with van der Waals surface area (Å²) in [5, 5.41) is 24.9. The lowest BCUT2D eigenvalue weighted by molar-refractivity contribution is -0.913. The summed E-state index contributed by atoms with van der Waals surface area (Å²) in [7, 11) is 0. The largest absolute Gasteiger partial charge is 0.632 e. The Balaban J connectivity index is 1.71. The second-order valence-corrected chi connectivity index (χ2v) is 7.31. The number of quaternary nitrogens is 1. The zero-order valence-corrected chi connectivity index (χ0v) is 16.6. The lowest BCUT2D eigenvalue weighted by Gasteiger charge is -2.38. The van der Waals surface area contributed by atoms with Crippen LogP contribution in [0.15, 0.2) is 24.5 Å². The number of aliphatic hydroxyl groups is 1. The molecule has 0 aromatic carbocycles. The Morgan fingerprint density at radius 1 is 1.40 bits per heavy atom. The van der Waals surface area contributed by atoms with E-state index in [-0.39, 0.29) is 43.6 Å².